The molecule has 2 atom stereocenters. The van der Waals surface area contributed by atoms with Crippen LogP contribution in [0.5, 0.6) is 0 Å². The molecular weight excluding hydrogens is 268 g/mol. The molecule has 0 bridgehead atoms. The highest BCUT2D eigenvalue weighted by atomic mass is 35.5. The van der Waals surface area contributed by atoms with Crippen LogP contribution >= 0.6 is 11.6 Å². The van der Waals surface area contributed by atoms with E-state index in [0.29, 0.717) is 23.2 Å². The molecule has 6 heteroatoms. The van der Waals surface area contributed by atoms with Crippen LogP contribution in [0.4, 0.5) is 11.4 Å². The van der Waals surface area contributed by atoms with E-state index in [2.05, 4.69) is 12.2 Å². The molecule has 0 aromatic heterocycles. The Hall–Kier alpha value is -1.33. The lowest BCUT2D eigenvalue weighted by atomic mass is 9.99. The maximum Gasteiger partial charge on any atom is 0.293 e. The molecule has 1 aromatic rings. The molecule has 0 aliphatic carbocycles. The summed E-state index contributed by atoms with van der Waals surface area (Å²) >= 11 is 6.03. The third-order valence-corrected chi connectivity index (χ3v) is 3.79. The van der Waals surface area contributed by atoms with Gasteiger partial charge in [-0.3, -0.25) is 10.1 Å². The molecule has 0 spiro atoms. The zero-order chi connectivity index (χ0) is 13.8. The molecule has 1 saturated heterocycles. The molecule has 104 valence electrons. The van der Waals surface area contributed by atoms with E-state index in [4.69, 9.17) is 16.3 Å². The van der Waals surface area contributed by atoms with Crippen molar-refractivity contribution in [2.75, 3.05) is 18.5 Å². The Balaban J connectivity index is 2.09. The number of nitro groups is 1. The van der Waals surface area contributed by atoms with E-state index in [0.717, 1.165) is 19.4 Å². The van der Waals surface area contributed by atoms with Gasteiger partial charge in [-0.1, -0.05) is 24.6 Å². The minimum atomic E-state index is -0.420. The average Bonchev–Trinajstić information content (AvgIpc) is 2.84. The minimum absolute atomic E-state index is 0.0134. The maximum atomic E-state index is 11.0. The number of para-hydroxylation sites is 1. The van der Waals surface area contributed by atoms with Gasteiger partial charge in [0.2, 0.25) is 0 Å². The highest BCUT2D eigenvalue weighted by Crippen LogP contribution is 2.33. The van der Waals surface area contributed by atoms with Crippen molar-refractivity contribution in [1.29, 1.82) is 0 Å². The second-order valence-corrected chi connectivity index (χ2v) is 5.05. The molecule has 0 radical (unpaired) electrons. The summed E-state index contributed by atoms with van der Waals surface area (Å²) in [6.07, 6.45) is 2.16. The van der Waals surface area contributed by atoms with Crippen LogP contribution in [0.2, 0.25) is 5.02 Å². The van der Waals surface area contributed by atoms with Gasteiger partial charge in [-0.15, -0.1) is 0 Å². The summed E-state index contributed by atoms with van der Waals surface area (Å²) in [6.45, 7) is 3.49. The highest BCUT2D eigenvalue weighted by Gasteiger charge is 2.27. The van der Waals surface area contributed by atoms with Crippen LogP contribution in [0, 0.1) is 16.0 Å². The Morgan fingerprint density at radius 2 is 2.37 bits per heavy atom. The van der Waals surface area contributed by atoms with Crippen LogP contribution in [0.1, 0.15) is 19.8 Å². The van der Waals surface area contributed by atoms with Gasteiger partial charge in [0, 0.05) is 25.1 Å². The number of rotatable bonds is 5. The van der Waals surface area contributed by atoms with Crippen molar-refractivity contribution in [2.24, 2.45) is 5.92 Å². The van der Waals surface area contributed by atoms with Gasteiger partial charge in [0.25, 0.3) is 5.69 Å². The zero-order valence-corrected chi connectivity index (χ0v) is 11.5. The predicted molar refractivity (Wildman–Crippen MR) is 74.7 cm³/mol. The number of nitrogens with one attached hydrogen (secondary N) is 1. The lowest BCUT2D eigenvalue weighted by Crippen LogP contribution is -2.23. The van der Waals surface area contributed by atoms with Crippen molar-refractivity contribution < 1.29 is 9.66 Å². The van der Waals surface area contributed by atoms with Gasteiger partial charge in [0.1, 0.15) is 5.69 Å². The molecular formula is C13H17ClN2O3. The number of anilines is 1. The first kappa shape index (κ1) is 14.1. The summed E-state index contributed by atoms with van der Waals surface area (Å²) in [5.41, 5.74) is 0.412. The van der Waals surface area contributed by atoms with E-state index >= 15 is 0 Å². The third-order valence-electron chi connectivity index (χ3n) is 3.48. The highest BCUT2D eigenvalue weighted by molar-refractivity contribution is 6.33. The lowest BCUT2D eigenvalue weighted by molar-refractivity contribution is -0.383. The number of nitro benzene ring substituents is 1. The molecule has 1 heterocycles. The van der Waals surface area contributed by atoms with Gasteiger partial charge in [-0.25, -0.2) is 0 Å². The van der Waals surface area contributed by atoms with Crippen LogP contribution in [-0.4, -0.2) is 24.2 Å². The Bertz CT molecular complexity index is 467. The van der Waals surface area contributed by atoms with Gasteiger partial charge in [-0.05, 0) is 18.9 Å². The molecule has 1 N–H and O–H groups in total. The Morgan fingerprint density at radius 3 is 3.05 bits per heavy atom. The van der Waals surface area contributed by atoms with Crippen molar-refractivity contribution in [3.05, 3.63) is 33.3 Å². The third kappa shape index (κ3) is 3.16. The molecule has 1 fully saturated rings. The van der Waals surface area contributed by atoms with Crippen molar-refractivity contribution in [2.45, 2.75) is 25.9 Å². The Kier molecular flexibility index (Phi) is 4.61. The van der Waals surface area contributed by atoms with Crippen LogP contribution in [0.25, 0.3) is 0 Å². The Morgan fingerprint density at radius 1 is 1.58 bits per heavy atom. The second-order valence-electron chi connectivity index (χ2n) is 4.64. The summed E-state index contributed by atoms with van der Waals surface area (Å²) < 4.78 is 5.60. The molecule has 0 saturated carbocycles. The van der Waals surface area contributed by atoms with Crippen molar-refractivity contribution in [3.63, 3.8) is 0 Å². The van der Waals surface area contributed by atoms with Gasteiger partial charge in [0.05, 0.1) is 16.0 Å². The van der Waals surface area contributed by atoms with E-state index < -0.39 is 4.92 Å². The molecule has 19 heavy (non-hydrogen) atoms. The summed E-state index contributed by atoms with van der Waals surface area (Å²) in [5.74, 6) is 0.376. The van der Waals surface area contributed by atoms with Gasteiger partial charge in [0.15, 0.2) is 0 Å². The van der Waals surface area contributed by atoms with Crippen molar-refractivity contribution in [3.8, 4) is 0 Å². The largest absolute Gasteiger partial charge is 0.378 e. The SMILES string of the molecule is CCC1OCCC1CNc1c(Cl)cccc1[N+](=O)[O-]. The van der Waals surface area contributed by atoms with Crippen LogP contribution in [0.3, 0.4) is 0 Å². The molecule has 2 rings (SSSR count). The minimum Gasteiger partial charge on any atom is -0.378 e. The number of halogens is 1. The first-order valence-corrected chi connectivity index (χ1v) is 6.79. The van der Waals surface area contributed by atoms with Crippen LogP contribution < -0.4 is 5.32 Å². The monoisotopic (exact) mass is 284 g/mol. The number of ether oxygens (including phenoxy) is 1. The van der Waals surface area contributed by atoms with E-state index in [9.17, 15) is 10.1 Å². The molecule has 1 aliphatic rings. The van der Waals surface area contributed by atoms with Crippen LogP contribution in [0.15, 0.2) is 18.2 Å². The molecule has 0 amide bonds. The van der Waals surface area contributed by atoms with E-state index in [1.807, 2.05) is 0 Å². The second kappa shape index (κ2) is 6.21. The first-order valence-electron chi connectivity index (χ1n) is 6.41. The fourth-order valence-corrected chi connectivity index (χ4v) is 2.69. The summed E-state index contributed by atoms with van der Waals surface area (Å²) in [6, 6.07) is 4.69. The van der Waals surface area contributed by atoms with Gasteiger partial charge in [-0.2, -0.15) is 0 Å². The molecule has 1 aliphatic heterocycles. The molecule has 2 unspecified atom stereocenters. The average molecular weight is 285 g/mol. The maximum absolute atomic E-state index is 11.0. The fraction of sp³-hybridized carbons (Fsp3) is 0.538. The summed E-state index contributed by atoms with van der Waals surface area (Å²) in [4.78, 5) is 10.6. The van der Waals surface area contributed by atoms with Gasteiger partial charge >= 0.3 is 0 Å². The number of nitrogens with zero attached hydrogens (tertiary/aromatic N) is 1. The topological polar surface area (TPSA) is 64.4 Å². The quantitative estimate of drug-likeness (QED) is 0.664. The predicted octanol–water partition coefficient (Wildman–Crippen LogP) is 3.48. The molecule has 5 nitrogen and oxygen atoms in total. The smallest absolute Gasteiger partial charge is 0.293 e. The zero-order valence-electron chi connectivity index (χ0n) is 10.8. The van der Waals surface area contributed by atoms with E-state index in [1.165, 1.54) is 6.07 Å². The van der Waals surface area contributed by atoms with Crippen molar-refractivity contribution in [1.82, 2.24) is 0 Å². The number of benzene rings is 1. The van der Waals surface area contributed by atoms with E-state index in [1.54, 1.807) is 12.1 Å². The van der Waals surface area contributed by atoms with E-state index in [-0.39, 0.29) is 11.8 Å². The lowest BCUT2D eigenvalue weighted by Gasteiger charge is -2.18. The first-order chi connectivity index (χ1) is 9.13. The van der Waals surface area contributed by atoms with Gasteiger partial charge < -0.3 is 10.1 Å². The fourth-order valence-electron chi connectivity index (χ4n) is 2.45. The summed E-state index contributed by atoms with van der Waals surface area (Å²) in [5, 5.41) is 14.5. The number of hydrogen-bond donors (Lipinski definition) is 1. The summed E-state index contributed by atoms with van der Waals surface area (Å²) in [7, 11) is 0. The standard InChI is InChI=1S/C13H17ClN2O3/c1-2-12-9(6-7-19-12)8-15-13-10(14)4-3-5-11(13)16(17)18/h3-5,9,12,15H,2,6-8H2,1H3. The normalized spacial score (nSPS) is 22.4. The Labute approximate surface area is 117 Å². The van der Waals surface area contributed by atoms with Crippen molar-refractivity contribution >= 4 is 23.0 Å². The molecule has 1 aromatic carbocycles. The number of hydrogen-bond acceptors (Lipinski definition) is 4. The van der Waals surface area contributed by atoms with Crippen LogP contribution in [-0.2, 0) is 4.74 Å².